The minimum Gasteiger partial charge on any atom is -0.417 e. The maximum atomic E-state index is 12.3. The van der Waals surface area contributed by atoms with Crippen LogP contribution in [0.2, 0.25) is 5.02 Å². The molecule has 1 aliphatic heterocycles. The summed E-state index contributed by atoms with van der Waals surface area (Å²) >= 11 is 5.99. The third-order valence-corrected chi connectivity index (χ3v) is 5.57. The lowest BCUT2D eigenvalue weighted by atomic mass is 10.1. The first-order valence-electron chi connectivity index (χ1n) is 10.5. The lowest BCUT2D eigenvalue weighted by molar-refractivity contribution is 0.0915. The van der Waals surface area contributed by atoms with Gasteiger partial charge in [0.15, 0.2) is 0 Å². The number of hydrogen-bond donors (Lipinski definition) is 1. The number of anilines is 1. The molecule has 0 atom stereocenters. The topological polar surface area (TPSA) is 74.5 Å². The van der Waals surface area contributed by atoms with Crippen LogP contribution in [-0.2, 0) is 6.42 Å². The van der Waals surface area contributed by atoms with Crippen LogP contribution in [0.4, 0.5) is 5.69 Å². The van der Waals surface area contributed by atoms with Gasteiger partial charge in [0.2, 0.25) is 5.89 Å². The quantitative estimate of drug-likeness (QED) is 0.543. The zero-order valence-corrected chi connectivity index (χ0v) is 18.1. The van der Waals surface area contributed by atoms with Gasteiger partial charge in [0.25, 0.3) is 0 Å². The fourth-order valence-electron chi connectivity index (χ4n) is 3.69. The Morgan fingerprint density at radius 1 is 1.03 bits per heavy atom. The van der Waals surface area contributed by atoms with Gasteiger partial charge in [-0.05, 0) is 42.8 Å². The first-order valence-corrected chi connectivity index (χ1v) is 10.9. The van der Waals surface area contributed by atoms with Crippen LogP contribution < -0.4 is 10.2 Å². The molecule has 3 aromatic rings. The van der Waals surface area contributed by atoms with E-state index in [0.717, 1.165) is 44.7 Å². The van der Waals surface area contributed by atoms with Crippen molar-refractivity contribution < 1.29 is 9.21 Å². The molecule has 162 valence electrons. The molecule has 1 aliphatic rings. The third kappa shape index (κ3) is 6.06. The molecule has 1 N–H and O–H groups in total. The van der Waals surface area contributed by atoms with E-state index in [9.17, 15) is 4.79 Å². The van der Waals surface area contributed by atoms with E-state index >= 15 is 0 Å². The van der Waals surface area contributed by atoms with Gasteiger partial charge in [-0.1, -0.05) is 41.9 Å². The number of nitrogens with one attached hydrogen (secondary N) is 1. The van der Waals surface area contributed by atoms with E-state index in [1.165, 1.54) is 5.69 Å². The molecule has 0 bridgehead atoms. The fourth-order valence-corrected chi connectivity index (χ4v) is 3.90. The summed E-state index contributed by atoms with van der Waals surface area (Å²) in [6, 6.07) is 17.9. The third-order valence-electron chi connectivity index (χ3n) is 5.34. The summed E-state index contributed by atoms with van der Waals surface area (Å²) in [5.41, 5.74) is 2.24. The Kier molecular flexibility index (Phi) is 7.17. The SMILES string of the molecule is O=C(NCCCN1CCN(c2ccccc2)CC1)c1nnc(Cc2cccc(Cl)c2)o1. The Morgan fingerprint density at radius 3 is 2.61 bits per heavy atom. The highest BCUT2D eigenvalue weighted by Crippen LogP contribution is 2.16. The number of para-hydroxylation sites is 1. The monoisotopic (exact) mass is 439 g/mol. The summed E-state index contributed by atoms with van der Waals surface area (Å²) in [7, 11) is 0. The molecule has 31 heavy (non-hydrogen) atoms. The van der Waals surface area contributed by atoms with Gasteiger partial charge in [-0.3, -0.25) is 9.69 Å². The van der Waals surface area contributed by atoms with Crippen molar-refractivity contribution >= 4 is 23.2 Å². The predicted octanol–water partition coefficient (Wildman–Crippen LogP) is 3.26. The van der Waals surface area contributed by atoms with Crippen LogP contribution in [0.15, 0.2) is 59.0 Å². The average molecular weight is 440 g/mol. The molecule has 8 heteroatoms. The Hall–Kier alpha value is -2.90. The van der Waals surface area contributed by atoms with Crippen molar-refractivity contribution in [2.45, 2.75) is 12.8 Å². The molecule has 1 fully saturated rings. The van der Waals surface area contributed by atoms with Crippen molar-refractivity contribution in [2.24, 2.45) is 0 Å². The number of piperazine rings is 1. The number of benzene rings is 2. The molecule has 1 aromatic heterocycles. The number of hydrogen-bond acceptors (Lipinski definition) is 6. The first-order chi connectivity index (χ1) is 15.2. The Morgan fingerprint density at radius 2 is 1.84 bits per heavy atom. The molecule has 0 unspecified atom stereocenters. The van der Waals surface area contributed by atoms with Gasteiger partial charge in [0, 0.05) is 43.4 Å². The van der Waals surface area contributed by atoms with Gasteiger partial charge in [-0.25, -0.2) is 0 Å². The zero-order valence-electron chi connectivity index (χ0n) is 17.3. The van der Waals surface area contributed by atoms with E-state index in [2.05, 4.69) is 49.6 Å². The highest BCUT2D eigenvalue weighted by atomic mass is 35.5. The van der Waals surface area contributed by atoms with E-state index in [1.54, 1.807) is 6.07 Å². The Labute approximate surface area is 187 Å². The van der Waals surface area contributed by atoms with Gasteiger partial charge in [-0.15, -0.1) is 10.2 Å². The number of amides is 1. The number of carbonyl (C=O) groups is 1. The molecular formula is C23H26ClN5O2. The number of aromatic nitrogens is 2. The van der Waals surface area contributed by atoms with Crippen molar-refractivity contribution in [1.82, 2.24) is 20.4 Å². The first kappa shape index (κ1) is 21.3. The van der Waals surface area contributed by atoms with Gasteiger partial charge in [-0.2, -0.15) is 0 Å². The van der Waals surface area contributed by atoms with Crippen LogP contribution in [0.3, 0.4) is 0 Å². The fraction of sp³-hybridized carbons (Fsp3) is 0.348. The van der Waals surface area contributed by atoms with Crippen LogP contribution in [-0.4, -0.2) is 60.3 Å². The average Bonchev–Trinajstić information content (AvgIpc) is 3.26. The normalized spacial score (nSPS) is 14.5. The smallest absolute Gasteiger partial charge is 0.308 e. The molecule has 0 aliphatic carbocycles. The van der Waals surface area contributed by atoms with Crippen molar-refractivity contribution in [3.05, 3.63) is 77.0 Å². The lowest BCUT2D eigenvalue weighted by Crippen LogP contribution is -2.47. The van der Waals surface area contributed by atoms with Gasteiger partial charge < -0.3 is 14.6 Å². The molecule has 7 nitrogen and oxygen atoms in total. The second-order valence-corrected chi connectivity index (χ2v) is 8.02. The summed E-state index contributed by atoms with van der Waals surface area (Å²) in [4.78, 5) is 17.1. The summed E-state index contributed by atoms with van der Waals surface area (Å²) < 4.78 is 5.50. The minimum atomic E-state index is -0.334. The van der Waals surface area contributed by atoms with Crippen LogP contribution in [0.1, 0.15) is 28.6 Å². The molecule has 2 aromatic carbocycles. The molecule has 1 amide bonds. The summed E-state index contributed by atoms with van der Waals surface area (Å²) in [6.45, 7) is 5.62. The van der Waals surface area contributed by atoms with E-state index < -0.39 is 0 Å². The summed E-state index contributed by atoms with van der Waals surface area (Å²) in [5, 5.41) is 11.3. The Bertz CT molecular complexity index is 986. The molecule has 0 radical (unpaired) electrons. The second-order valence-electron chi connectivity index (χ2n) is 7.58. The van der Waals surface area contributed by atoms with Gasteiger partial charge in [0.05, 0.1) is 6.42 Å². The Balaban J connectivity index is 1.15. The van der Waals surface area contributed by atoms with E-state index in [1.807, 2.05) is 24.3 Å². The van der Waals surface area contributed by atoms with Crippen molar-refractivity contribution in [3.63, 3.8) is 0 Å². The minimum absolute atomic E-state index is 0.00602. The van der Waals surface area contributed by atoms with Gasteiger partial charge in [0.1, 0.15) is 0 Å². The van der Waals surface area contributed by atoms with Crippen molar-refractivity contribution in [1.29, 1.82) is 0 Å². The molecule has 2 heterocycles. The lowest BCUT2D eigenvalue weighted by Gasteiger charge is -2.36. The van der Waals surface area contributed by atoms with Crippen molar-refractivity contribution in [2.75, 3.05) is 44.2 Å². The number of nitrogens with zero attached hydrogens (tertiary/aromatic N) is 4. The molecule has 4 rings (SSSR count). The van der Waals surface area contributed by atoms with Gasteiger partial charge >= 0.3 is 11.8 Å². The largest absolute Gasteiger partial charge is 0.417 e. The number of rotatable bonds is 8. The number of carbonyl (C=O) groups excluding carboxylic acids is 1. The van der Waals surface area contributed by atoms with Crippen LogP contribution >= 0.6 is 11.6 Å². The van der Waals surface area contributed by atoms with Crippen LogP contribution in [0.25, 0.3) is 0 Å². The van der Waals surface area contributed by atoms with E-state index in [-0.39, 0.29) is 11.8 Å². The zero-order chi connectivity index (χ0) is 21.5. The van der Waals surface area contributed by atoms with E-state index in [4.69, 9.17) is 16.0 Å². The molecule has 0 saturated carbocycles. The summed E-state index contributed by atoms with van der Waals surface area (Å²) in [5.74, 6) is 0.0518. The van der Waals surface area contributed by atoms with Crippen molar-refractivity contribution in [3.8, 4) is 0 Å². The molecular weight excluding hydrogens is 414 g/mol. The molecule has 1 saturated heterocycles. The van der Waals surface area contributed by atoms with E-state index in [0.29, 0.717) is 23.9 Å². The highest BCUT2D eigenvalue weighted by molar-refractivity contribution is 6.30. The maximum absolute atomic E-state index is 12.3. The summed E-state index contributed by atoms with van der Waals surface area (Å²) in [6.07, 6.45) is 1.32. The number of halogens is 1. The van der Waals surface area contributed by atoms with Crippen LogP contribution in [0.5, 0.6) is 0 Å². The molecule has 0 spiro atoms. The second kappa shape index (κ2) is 10.4. The van der Waals surface area contributed by atoms with Crippen LogP contribution in [0, 0.1) is 0 Å². The maximum Gasteiger partial charge on any atom is 0.308 e. The highest BCUT2D eigenvalue weighted by Gasteiger charge is 2.18. The predicted molar refractivity (Wildman–Crippen MR) is 121 cm³/mol. The standard InChI is InChI=1S/C23H26ClN5O2/c24-19-7-4-6-18(16-19)17-21-26-27-23(31-21)22(30)25-10-5-11-28-12-14-29(15-13-28)20-8-2-1-3-9-20/h1-4,6-9,16H,5,10-15,17H2,(H,25,30).